The summed E-state index contributed by atoms with van der Waals surface area (Å²) in [5, 5.41) is 3.35. The zero-order valence-electron chi connectivity index (χ0n) is 17.5. The topological polar surface area (TPSA) is 75.7 Å². The number of hydrogen-bond acceptors (Lipinski definition) is 4. The lowest BCUT2D eigenvalue weighted by Gasteiger charge is -2.24. The van der Waals surface area contributed by atoms with Crippen LogP contribution in [0.15, 0.2) is 71.6 Å². The highest BCUT2D eigenvalue weighted by molar-refractivity contribution is 7.92. The van der Waals surface area contributed by atoms with Gasteiger partial charge in [-0.1, -0.05) is 40.9 Å². The highest BCUT2D eigenvalue weighted by atomic mass is 35.5. The Morgan fingerprint density at radius 1 is 0.969 bits per heavy atom. The standard InChI is InChI=1S/C23H22Cl2N2O4S/c1-3-31-21-8-6-20(7-9-21)27(32(29,30)22-10-4-16(2)5-11-22)15-23(28)26-19-13-17(24)12-18(25)14-19/h4-14H,3,15H2,1-2H3,(H,26,28). The smallest absolute Gasteiger partial charge is 0.264 e. The first-order valence-corrected chi connectivity index (χ1v) is 12.0. The Kier molecular flexibility index (Phi) is 7.66. The molecule has 3 aromatic rings. The fourth-order valence-electron chi connectivity index (χ4n) is 2.98. The molecule has 0 aliphatic heterocycles. The second kappa shape index (κ2) is 10.3. The first kappa shape index (κ1) is 23.9. The third-order valence-electron chi connectivity index (χ3n) is 4.48. The molecule has 0 bridgehead atoms. The fourth-order valence-corrected chi connectivity index (χ4v) is 4.93. The second-order valence-electron chi connectivity index (χ2n) is 6.96. The van der Waals surface area contributed by atoms with E-state index < -0.39 is 22.5 Å². The summed E-state index contributed by atoms with van der Waals surface area (Å²) in [5.74, 6) is 0.0508. The van der Waals surface area contributed by atoms with Crippen molar-refractivity contribution in [1.29, 1.82) is 0 Å². The maximum absolute atomic E-state index is 13.4. The van der Waals surface area contributed by atoms with Crippen molar-refractivity contribution in [3.05, 3.63) is 82.3 Å². The molecule has 0 aliphatic rings. The highest BCUT2D eigenvalue weighted by Crippen LogP contribution is 2.27. The lowest BCUT2D eigenvalue weighted by Crippen LogP contribution is -2.38. The number of nitrogens with one attached hydrogen (secondary N) is 1. The molecule has 3 aromatic carbocycles. The van der Waals surface area contributed by atoms with E-state index in [0.29, 0.717) is 33.8 Å². The largest absolute Gasteiger partial charge is 0.494 e. The summed E-state index contributed by atoms with van der Waals surface area (Å²) in [6.07, 6.45) is 0. The van der Waals surface area contributed by atoms with Crippen LogP contribution in [0.25, 0.3) is 0 Å². The molecule has 0 unspecified atom stereocenters. The molecule has 9 heteroatoms. The molecule has 0 aromatic heterocycles. The van der Waals surface area contributed by atoms with Crippen LogP contribution in [0.5, 0.6) is 5.75 Å². The molecule has 0 saturated carbocycles. The van der Waals surface area contributed by atoms with E-state index in [2.05, 4.69) is 5.32 Å². The minimum absolute atomic E-state index is 0.0792. The van der Waals surface area contributed by atoms with Gasteiger partial charge in [0.25, 0.3) is 10.0 Å². The molecule has 0 heterocycles. The number of ether oxygens (including phenoxy) is 1. The number of halogens is 2. The number of anilines is 2. The SMILES string of the molecule is CCOc1ccc(N(CC(=O)Nc2cc(Cl)cc(Cl)c2)S(=O)(=O)c2ccc(C)cc2)cc1. The minimum atomic E-state index is -4.02. The van der Waals surface area contributed by atoms with Gasteiger partial charge < -0.3 is 10.1 Å². The third kappa shape index (κ3) is 5.94. The van der Waals surface area contributed by atoms with Crippen LogP contribution in [0.4, 0.5) is 11.4 Å². The van der Waals surface area contributed by atoms with Crippen LogP contribution in [0.2, 0.25) is 10.0 Å². The van der Waals surface area contributed by atoms with E-state index in [4.69, 9.17) is 27.9 Å². The first-order valence-electron chi connectivity index (χ1n) is 9.77. The molecule has 6 nitrogen and oxygen atoms in total. The van der Waals surface area contributed by atoms with Gasteiger partial charge in [0, 0.05) is 15.7 Å². The third-order valence-corrected chi connectivity index (χ3v) is 6.70. The number of nitrogens with zero attached hydrogens (tertiary/aromatic N) is 1. The van der Waals surface area contributed by atoms with Crippen molar-refractivity contribution in [3.8, 4) is 5.75 Å². The number of rotatable bonds is 8. The predicted octanol–water partition coefficient (Wildman–Crippen LogP) is 5.53. The number of aryl methyl sites for hydroxylation is 1. The molecule has 0 spiro atoms. The zero-order valence-corrected chi connectivity index (χ0v) is 19.8. The summed E-state index contributed by atoms with van der Waals surface area (Å²) in [4.78, 5) is 12.9. The Morgan fingerprint density at radius 3 is 2.12 bits per heavy atom. The molecule has 0 fully saturated rings. The van der Waals surface area contributed by atoms with Gasteiger partial charge in [-0.05, 0) is 68.4 Å². The summed E-state index contributed by atoms with van der Waals surface area (Å²) in [6.45, 7) is 3.75. The van der Waals surface area contributed by atoms with E-state index in [0.717, 1.165) is 9.87 Å². The molecule has 3 rings (SSSR count). The quantitative estimate of drug-likeness (QED) is 0.448. The fraction of sp³-hybridized carbons (Fsp3) is 0.174. The molecular formula is C23H22Cl2N2O4S. The van der Waals surface area contributed by atoms with Crippen molar-refractivity contribution in [1.82, 2.24) is 0 Å². The van der Waals surface area contributed by atoms with Crippen LogP contribution >= 0.6 is 23.2 Å². The van der Waals surface area contributed by atoms with Gasteiger partial charge in [-0.2, -0.15) is 0 Å². The first-order chi connectivity index (χ1) is 15.2. The number of amides is 1. The Bertz CT molecular complexity index is 1180. The monoisotopic (exact) mass is 492 g/mol. The Hall–Kier alpha value is -2.74. The highest BCUT2D eigenvalue weighted by Gasteiger charge is 2.27. The molecule has 0 aliphatic carbocycles. The zero-order chi connectivity index (χ0) is 23.3. The van der Waals surface area contributed by atoms with Gasteiger partial charge in [-0.15, -0.1) is 0 Å². The van der Waals surface area contributed by atoms with Crippen molar-refractivity contribution in [2.24, 2.45) is 0 Å². The minimum Gasteiger partial charge on any atom is -0.494 e. The van der Waals surface area contributed by atoms with Gasteiger partial charge in [0.2, 0.25) is 5.91 Å². The van der Waals surface area contributed by atoms with Crippen molar-refractivity contribution in [3.63, 3.8) is 0 Å². The molecule has 0 radical (unpaired) electrons. The summed E-state index contributed by atoms with van der Waals surface area (Å²) in [7, 11) is -4.02. The van der Waals surface area contributed by atoms with Crippen LogP contribution in [-0.2, 0) is 14.8 Å². The molecular weight excluding hydrogens is 471 g/mol. The maximum Gasteiger partial charge on any atom is 0.264 e. The average Bonchev–Trinajstić information content (AvgIpc) is 2.72. The average molecular weight is 493 g/mol. The maximum atomic E-state index is 13.4. The Morgan fingerprint density at radius 2 is 1.56 bits per heavy atom. The van der Waals surface area contributed by atoms with Gasteiger partial charge in [0.15, 0.2) is 0 Å². The van der Waals surface area contributed by atoms with E-state index in [-0.39, 0.29) is 4.90 Å². The predicted molar refractivity (Wildman–Crippen MR) is 128 cm³/mol. The number of benzene rings is 3. The molecule has 1 amide bonds. The lowest BCUT2D eigenvalue weighted by atomic mass is 10.2. The van der Waals surface area contributed by atoms with Crippen LogP contribution < -0.4 is 14.4 Å². The van der Waals surface area contributed by atoms with Gasteiger partial charge in [0.05, 0.1) is 17.2 Å². The van der Waals surface area contributed by atoms with E-state index in [1.807, 2.05) is 13.8 Å². The van der Waals surface area contributed by atoms with Gasteiger partial charge in [-0.25, -0.2) is 8.42 Å². The van der Waals surface area contributed by atoms with E-state index >= 15 is 0 Å². The molecule has 168 valence electrons. The summed E-state index contributed by atoms with van der Waals surface area (Å²) in [5.41, 5.74) is 1.62. The van der Waals surface area contributed by atoms with Gasteiger partial charge in [0.1, 0.15) is 12.3 Å². The lowest BCUT2D eigenvalue weighted by molar-refractivity contribution is -0.114. The van der Waals surface area contributed by atoms with Gasteiger partial charge in [-0.3, -0.25) is 9.10 Å². The molecule has 0 saturated heterocycles. The molecule has 0 atom stereocenters. The van der Waals surface area contributed by atoms with Gasteiger partial charge >= 0.3 is 0 Å². The Balaban J connectivity index is 1.94. The van der Waals surface area contributed by atoms with Crippen LogP contribution in [0, 0.1) is 6.92 Å². The summed E-state index contributed by atoms with van der Waals surface area (Å²) in [6, 6.07) is 17.5. The second-order valence-corrected chi connectivity index (χ2v) is 9.69. The number of carbonyl (C=O) groups excluding carboxylic acids is 1. The number of hydrogen-bond donors (Lipinski definition) is 1. The number of carbonyl (C=O) groups is 1. The summed E-state index contributed by atoms with van der Waals surface area (Å²) >= 11 is 12.0. The van der Waals surface area contributed by atoms with Crippen LogP contribution in [-0.4, -0.2) is 27.5 Å². The van der Waals surface area contributed by atoms with E-state index in [1.165, 1.54) is 30.3 Å². The van der Waals surface area contributed by atoms with Crippen molar-refractivity contribution in [2.45, 2.75) is 18.7 Å². The Labute approximate surface area is 197 Å². The van der Waals surface area contributed by atoms with Crippen LogP contribution in [0.3, 0.4) is 0 Å². The normalized spacial score (nSPS) is 11.1. The molecule has 1 N–H and O–H groups in total. The van der Waals surface area contributed by atoms with Crippen molar-refractivity contribution >= 4 is 50.5 Å². The van der Waals surface area contributed by atoms with E-state index in [1.54, 1.807) is 36.4 Å². The van der Waals surface area contributed by atoms with E-state index in [9.17, 15) is 13.2 Å². The van der Waals surface area contributed by atoms with Crippen molar-refractivity contribution in [2.75, 3.05) is 22.8 Å². The van der Waals surface area contributed by atoms with Crippen molar-refractivity contribution < 1.29 is 17.9 Å². The summed E-state index contributed by atoms with van der Waals surface area (Å²) < 4.78 is 33.3. The van der Waals surface area contributed by atoms with Crippen LogP contribution in [0.1, 0.15) is 12.5 Å². The number of sulfonamides is 1. The molecule has 32 heavy (non-hydrogen) atoms.